The minimum atomic E-state index is -0.502. The Balaban J connectivity index is 1.46. The molecule has 2 heterocycles. The highest BCUT2D eigenvalue weighted by atomic mass is 32.2. The number of fused-ring (bicyclic) bond motifs is 1. The van der Waals surface area contributed by atoms with E-state index in [-0.39, 0.29) is 11.7 Å². The molecule has 152 valence electrons. The number of para-hydroxylation sites is 2. The van der Waals surface area contributed by atoms with Crippen LogP contribution in [0.15, 0.2) is 64.4 Å². The van der Waals surface area contributed by atoms with Crippen LogP contribution in [0.25, 0.3) is 22.4 Å². The van der Waals surface area contributed by atoms with Crippen molar-refractivity contribution in [3.63, 3.8) is 0 Å². The summed E-state index contributed by atoms with van der Waals surface area (Å²) in [5.74, 6) is -0.269. The lowest BCUT2D eigenvalue weighted by atomic mass is 10.1. The lowest BCUT2D eigenvalue weighted by molar-refractivity contribution is -0.115. The maximum absolute atomic E-state index is 12.6. The van der Waals surface area contributed by atoms with Crippen LogP contribution < -0.4 is 4.90 Å². The topological polar surface area (TPSA) is 101 Å². The van der Waals surface area contributed by atoms with Crippen molar-refractivity contribution < 1.29 is 18.7 Å². The summed E-state index contributed by atoms with van der Waals surface area (Å²) in [6.07, 6.45) is 1.81. The average Bonchev–Trinajstić information content (AvgIpc) is 3.43. The van der Waals surface area contributed by atoms with Crippen molar-refractivity contribution in [2.24, 2.45) is 0 Å². The molecule has 4 rings (SSSR count). The molecule has 0 fully saturated rings. The van der Waals surface area contributed by atoms with Crippen molar-refractivity contribution in [2.75, 3.05) is 24.8 Å². The molecule has 0 unspecified atom stereocenters. The van der Waals surface area contributed by atoms with Gasteiger partial charge in [-0.15, -0.1) is 10.2 Å². The zero-order valence-corrected chi connectivity index (χ0v) is 17.1. The van der Waals surface area contributed by atoms with Crippen LogP contribution in [0.1, 0.15) is 10.4 Å². The van der Waals surface area contributed by atoms with Crippen LogP contribution >= 0.6 is 11.8 Å². The van der Waals surface area contributed by atoms with E-state index in [9.17, 15) is 9.59 Å². The molecule has 0 atom stereocenters. The highest BCUT2D eigenvalue weighted by Crippen LogP contribution is 2.30. The molecule has 8 nitrogen and oxygen atoms in total. The molecule has 30 heavy (non-hydrogen) atoms. The second-order valence-corrected chi connectivity index (χ2v) is 7.30. The lowest BCUT2D eigenvalue weighted by Gasteiger charge is -2.19. The Morgan fingerprint density at radius 1 is 1.13 bits per heavy atom. The van der Waals surface area contributed by atoms with Crippen molar-refractivity contribution in [2.45, 2.75) is 5.22 Å². The monoisotopic (exact) mass is 422 g/mol. The van der Waals surface area contributed by atoms with Gasteiger partial charge in [0.15, 0.2) is 0 Å². The number of H-pyrrole nitrogens is 1. The highest BCUT2D eigenvalue weighted by molar-refractivity contribution is 7.99. The van der Waals surface area contributed by atoms with E-state index in [2.05, 4.69) is 15.2 Å². The van der Waals surface area contributed by atoms with Gasteiger partial charge in [0, 0.05) is 24.1 Å². The van der Waals surface area contributed by atoms with Gasteiger partial charge in [-0.25, -0.2) is 4.79 Å². The molecule has 0 bridgehead atoms. The Bertz CT molecular complexity index is 1220. The molecule has 0 spiro atoms. The number of rotatable bonds is 6. The Morgan fingerprint density at radius 3 is 2.73 bits per heavy atom. The van der Waals surface area contributed by atoms with Crippen molar-refractivity contribution in [3.05, 3.63) is 60.3 Å². The quantitative estimate of drug-likeness (QED) is 0.373. The van der Waals surface area contributed by atoms with Crippen LogP contribution in [0.5, 0.6) is 0 Å². The molecule has 1 amide bonds. The first-order valence-corrected chi connectivity index (χ1v) is 10.0. The van der Waals surface area contributed by atoms with Gasteiger partial charge in [0.25, 0.3) is 11.1 Å². The van der Waals surface area contributed by atoms with E-state index in [1.807, 2.05) is 30.5 Å². The third kappa shape index (κ3) is 3.79. The number of hydrogen-bond acceptors (Lipinski definition) is 7. The number of anilines is 1. The normalized spacial score (nSPS) is 10.9. The average molecular weight is 422 g/mol. The van der Waals surface area contributed by atoms with Gasteiger partial charge < -0.3 is 19.0 Å². The number of nitrogens with one attached hydrogen (secondary N) is 1. The molecule has 0 aliphatic rings. The SMILES string of the molecule is COC(=O)c1ccccc1N(C)C(=O)CSc1nnc(-c2c[nH]c3ccccc23)o1. The fourth-order valence-corrected chi connectivity index (χ4v) is 3.71. The summed E-state index contributed by atoms with van der Waals surface area (Å²) < 4.78 is 10.5. The summed E-state index contributed by atoms with van der Waals surface area (Å²) in [4.78, 5) is 29.2. The first-order chi connectivity index (χ1) is 14.6. The van der Waals surface area contributed by atoms with E-state index in [4.69, 9.17) is 9.15 Å². The Hall–Kier alpha value is -3.59. The van der Waals surface area contributed by atoms with E-state index < -0.39 is 5.97 Å². The molecule has 4 aromatic rings. The molecule has 2 aromatic heterocycles. The van der Waals surface area contributed by atoms with Gasteiger partial charge in [0.1, 0.15) is 0 Å². The number of benzene rings is 2. The van der Waals surface area contributed by atoms with Crippen molar-refractivity contribution in [1.82, 2.24) is 15.2 Å². The second kappa shape index (κ2) is 8.42. The van der Waals surface area contributed by atoms with Gasteiger partial charge in [-0.2, -0.15) is 0 Å². The predicted molar refractivity (Wildman–Crippen MR) is 114 cm³/mol. The number of thioether (sulfide) groups is 1. The Kier molecular flexibility index (Phi) is 5.53. The molecule has 0 radical (unpaired) electrons. The standard InChI is InChI=1S/C21H18N4O4S/c1-25(17-10-6-4-8-14(17)20(27)28-2)18(26)12-30-21-24-23-19(29-21)15-11-22-16-9-5-3-7-13(15)16/h3-11,22H,12H2,1-2H3. The maximum Gasteiger partial charge on any atom is 0.339 e. The molecule has 1 N–H and O–H groups in total. The smallest absolute Gasteiger partial charge is 0.339 e. The van der Waals surface area contributed by atoms with E-state index >= 15 is 0 Å². The first kappa shape index (κ1) is 19.7. The van der Waals surface area contributed by atoms with E-state index in [1.54, 1.807) is 31.3 Å². The summed E-state index contributed by atoms with van der Waals surface area (Å²) in [7, 11) is 2.91. The van der Waals surface area contributed by atoms with Gasteiger partial charge >= 0.3 is 5.97 Å². The predicted octanol–water partition coefficient (Wildman–Crippen LogP) is 3.76. The van der Waals surface area contributed by atoms with Crippen molar-refractivity contribution in [1.29, 1.82) is 0 Å². The summed E-state index contributed by atoms with van der Waals surface area (Å²) in [6.45, 7) is 0. The maximum atomic E-state index is 12.6. The Labute approximate surface area is 176 Å². The summed E-state index contributed by atoms with van der Waals surface area (Å²) in [5, 5.41) is 9.39. The van der Waals surface area contributed by atoms with E-state index in [0.717, 1.165) is 28.2 Å². The zero-order valence-electron chi connectivity index (χ0n) is 16.3. The number of amides is 1. The molecule has 0 saturated heterocycles. The largest absolute Gasteiger partial charge is 0.465 e. The minimum Gasteiger partial charge on any atom is -0.465 e. The van der Waals surface area contributed by atoms with Crippen LogP contribution in [0.3, 0.4) is 0 Å². The number of nitrogens with zero attached hydrogens (tertiary/aromatic N) is 3. The summed E-state index contributed by atoms with van der Waals surface area (Å²) >= 11 is 1.14. The molecular weight excluding hydrogens is 404 g/mol. The number of carbonyl (C=O) groups is 2. The minimum absolute atomic E-state index is 0.0710. The Morgan fingerprint density at radius 2 is 1.90 bits per heavy atom. The number of ether oxygens (including phenoxy) is 1. The van der Waals surface area contributed by atoms with Gasteiger partial charge in [0.05, 0.1) is 29.7 Å². The molecule has 0 aliphatic carbocycles. The zero-order chi connectivity index (χ0) is 21.1. The molecule has 0 aliphatic heterocycles. The number of aromatic amines is 1. The van der Waals surface area contributed by atoms with E-state index in [0.29, 0.717) is 22.4 Å². The number of methoxy groups -OCH3 is 1. The van der Waals surface area contributed by atoms with Crippen LogP contribution in [0.4, 0.5) is 5.69 Å². The molecule has 0 saturated carbocycles. The highest BCUT2D eigenvalue weighted by Gasteiger charge is 2.20. The van der Waals surface area contributed by atoms with Crippen molar-refractivity contribution >= 4 is 40.2 Å². The summed E-state index contributed by atoms with van der Waals surface area (Å²) in [6, 6.07) is 14.6. The van der Waals surface area contributed by atoms with Gasteiger partial charge in [-0.3, -0.25) is 4.79 Å². The third-order valence-electron chi connectivity index (χ3n) is 4.59. The second-order valence-electron chi connectivity index (χ2n) is 6.37. The molecule has 9 heteroatoms. The van der Waals surface area contributed by atoms with E-state index in [1.165, 1.54) is 12.0 Å². The number of aromatic nitrogens is 3. The fraction of sp³-hybridized carbons (Fsp3) is 0.143. The van der Waals surface area contributed by atoms with Crippen LogP contribution in [0.2, 0.25) is 0 Å². The van der Waals surface area contributed by atoms with Crippen molar-refractivity contribution in [3.8, 4) is 11.5 Å². The third-order valence-corrected chi connectivity index (χ3v) is 5.39. The van der Waals surface area contributed by atoms with Gasteiger partial charge in [-0.1, -0.05) is 42.1 Å². The number of hydrogen-bond donors (Lipinski definition) is 1. The number of carbonyl (C=O) groups excluding carboxylic acids is 2. The first-order valence-electron chi connectivity index (χ1n) is 9.05. The lowest BCUT2D eigenvalue weighted by Crippen LogP contribution is -2.29. The van der Waals surface area contributed by atoms with Gasteiger partial charge in [-0.05, 0) is 18.2 Å². The van der Waals surface area contributed by atoms with Crippen LogP contribution in [0, 0.1) is 0 Å². The fourth-order valence-electron chi connectivity index (χ4n) is 3.03. The van der Waals surface area contributed by atoms with Crippen LogP contribution in [-0.2, 0) is 9.53 Å². The van der Waals surface area contributed by atoms with Gasteiger partial charge in [0.2, 0.25) is 5.91 Å². The molecular formula is C21H18N4O4S. The number of esters is 1. The molecule has 2 aromatic carbocycles. The van der Waals surface area contributed by atoms with Crippen LogP contribution in [-0.4, -0.2) is 47.0 Å². The summed E-state index contributed by atoms with van der Waals surface area (Å²) in [5.41, 5.74) is 2.57.